The van der Waals surface area contributed by atoms with Gasteiger partial charge in [-0.15, -0.1) is 0 Å². The van der Waals surface area contributed by atoms with Crippen molar-refractivity contribution < 1.29 is 4.74 Å². The summed E-state index contributed by atoms with van der Waals surface area (Å²) in [7, 11) is 1.79. The van der Waals surface area contributed by atoms with Crippen LogP contribution in [-0.4, -0.2) is 50.8 Å². The smallest absolute Gasteiger partial charge is 0.0580 e. The number of hydrogen-bond donors (Lipinski definition) is 1. The van der Waals surface area contributed by atoms with Gasteiger partial charge in [0.1, 0.15) is 0 Å². The summed E-state index contributed by atoms with van der Waals surface area (Å²) in [5.74, 6) is 0.628. The Morgan fingerprint density at radius 2 is 1.92 bits per heavy atom. The van der Waals surface area contributed by atoms with Crippen molar-refractivity contribution in [3.05, 3.63) is 0 Å². The summed E-state index contributed by atoms with van der Waals surface area (Å²) in [4.78, 5) is 2.51. The highest BCUT2D eigenvalue weighted by molar-refractivity contribution is 4.72. The molecule has 0 aromatic heterocycles. The molecule has 1 fully saturated rings. The average molecular weight is 186 g/mol. The van der Waals surface area contributed by atoms with Gasteiger partial charge in [-0.05, 0) is 12.8 Å². The van der Waals surface area contributed by atoms with Crippen molar-refractivity contribution in [2.75, 3.05) is 39.8 Å². The van der Waals surface area contributed by atoms with Gasteiger partial charge in [0, 0.05) is 39.8 Å². The Morgan fingerprint density at radius 1 is 1.31 bits per heavy atom. The SMILES string of the molecule is COC(C)C(C)CN1CCNCC1. The van der Waals surface area contributed by atoms with E-state index in [0.717, 1.165) is 19.6 Å². The van der Waals surface area contributed by atoms with Crippen LogP contribution in [0.4, 0.5) is 0 Å². The molecule has 13 heavy (non-hydrogen) atoms. The summed E-state index contributed by atoms with van der Waals surface area (Å²) in [6.07, 6.45) is 0.370. The molecule has 1 heterocycles. The molecule has 1 rings (SSSR count). The summed E-state index contributed by atoms with van der Waals surface area (Å²) in [6.45, 7) is 10.2. The van der Waals surface area contributed by atoms with Crippen LogP contribution in [0.25, 0.3) is 0 Å². The van der Waals surface area contributed by atoms with E-state index in [1.807, 2.05) is 0 Å². The van der Waals surface area contributed by atoms with Crippen LogP contribution >= 0.6 is 0 Å². The lowest BCUT2D eigenvalue weighted by atomic mass is 10.1. The largest absolute Gasteiger partial charge is 0.381 e. The van der Waals surface area contributed by atoms with E-state index in [0.29, 0.717) is 12.0 Å². The molecular formula is C10H22N2O. The molecule has 0 aliphatic carbocycles. The summed E-state index contributed by atoms with van der Waals surface area (Å²) < 4.78 is 5.31. The minimum absolute atomic E-state index is 0.370. The molecule has 0 amide bonds. The van der Waals surface area contributed by atoms with Gasteiger partial charge in [0.25, 0.3) is 0 Å². The molecule has 0 saturated carbocycles. The Morgan fingerprint density at radius 3 is 2.46 bits per heavy atom. The quantitative estimate of drug-likeness (QED) is 0.694. The van der Waals surface area contributed by atoms with Crippen LogP contribution in [0.2, 0.25) is 0 Å². The van der Waals surface area contributed by atoms with Gasteiger partial charge < -0.3 is 15.0 Å². The minimum atomic E-state index is 0.370. The lowest BCUT2D eigenvalue weighted by Gasteiger charge is -2.31. The fourth-order valence-corrected chi connectivity index (χ4v) is 1.68. The first-order valence-corrected chi connectivity index (χ1v) is 5.20. The van der Waals surface area contributed by atoms with Crippen molar-refractivity contribution in [2.24, 2.45) is 5.92 Å². The van der Waals surface area contributed by atoms with Crippen molar-refractivity contribution >= 4 is 0 Å². The van der Waals surface area contributed by atoms with Crippen LogP contribution in [0.5, 0.6) is 0 Å². The molecule has 0 aromatic rings. The number of nitrogens with zero attached hydrogens (tertiary/aromatic N) is 1. The lowest BCUT2D eigenvalue weighted by Crippen LogP contribution is -2.46. The van der Waals surface area contributed by atoms with E-state index in [2.05, 4.69) is 24.1 Å². The molecule has 0 aromatic carbocycles. The third-order valence-corrected chi connectivity index (χ3v) is 2.93. The molecule has 2 unspecified atom stereocenters. The van der Waals surface area contributed by atoms with Crippen LogP contribution < -0.4 is 5.32 Å². The zero-order chi connectivity index (χ0) is 9.68. The number of rotatable bonds is 4. The van der Waals surface area contributed by atoms with Gasteiger partial charge in [0.2, 0.25) is 0 Å². The molecule has 78 valence electrons. The number of ether oxygens (including phenoxy) is 1. The molecule has 3 heteroatoms. The van der Waals surface area contributed by atoms with Gasteiger partial charge in [0.05, 0.1) is 6.10 Å². The van der Waals surface area contributed by atoms with Gasteiger partial charge in [-0.1, -0.05) is 6.92 Å². The van der Waals surface area contributed by atoms with E-state index in [9.17, 15) is 0 Å². The van der Waals surface area contributed by atoms with Gasteiger partial charge in [-0.2, -0.15) is 0 Å². The molecular weight excluding hydrogens is 164 g/mol. The average Bonchev–Trinajstić information content (AvgIpc) is 2.18. The van der Waals surface area contributed by atoms with Gasteiger partial charge in [0.15, 0.2) is 0 Å². The number of hydrogen-bond acceptors (Lipinski definition) is 3. The van der Waals surface area contributed by atoms with Crippen molar-refractivity contribution in [1.82, 2.24) is 10.2 Å². The molecule has 2 atom stereocenters. The molecule has 1 saturated heterocycles. The first-order chi connectivity index (χ1) is 6.24. The first-order valence-electron chi connectivity index (χ1n) is 5.20. The topological polar surface area (TPSA) is 24.5 Å². The van der Waals surface area contributed by atoms with Gasteiger partial charge >= 0.3 is 0 Å². The molecule has 1 aliphatic rings. The second-order valence-electron chi connectivity index (χ2n) is 3.97. The summed E-state index contributed by atoms with van der Waals surface area (Å²) >= 11 is 0. The Bertz CT molecular complexity index is 135. The van der Waals surface area contributed by atoms with Crippen molar-refractivity contribution in [2.45, 2.75) is 20.0 Å². The van der Waals surface area contributed by atoms with E-state index in [4.69, 9.17) is 4.74 Å². The van der Waals surface area contributed by atoms with E-state index in [1.165, 1.54) is 13.1 Å². The van der Waals surface area contributed by atoms with E-state index in [-0.39, 0.29) is 0 Å². The highest BCUT2D eigenvalue weighted by Crippen LogP contribution is 2.08. The predicted molar refractivity (Wildman–Crippen MR) is 54.9 cm³/mol. The Balaban J connectivity index is 2.21. The van der Waals surface area contributed by atoms with E-state index < -0.39 is 0 Å². The summed E-state index contributed by atoms with van der Waals surface area (Å²) in [6, 6.07) is 0. The van der Waals surface area contributed by atoms with Crippen molar-refractivity contribution in [3.63, 3.8) is 0 Å². The number of piperazine rings is 1. The maximum absolute atomic E-state index is 5.31. The van der Waals surface area contributed by atoms with Gasteiger partial charge in [-0.25, -0.2) is 0 Å². The third kappa shape index (κ3) is 3.63. The normalized spacial score (nSPS) is 24.2. The van der Waals surface area contributed by atoms with Crippen molar-refractivity contribution in [1.29, 1.82) is 0 Å². The number of methoxy groups -OCH3 is 1. The van der Waals surface area contributed by atoms with Crippen LogP contribution in [-0.2, 0) is 4.74 Å². The second kappa shape index (κ2) is 5.58. The monoisotopic (exact) mass is 186 g/mol. The highest BCUT2D eigenvalue weighted by Gasteiger charge is 2.16. The number of nitrogens with one attached hydrogen (secondary N) is 1. The van der Waals surface area contributed by atoms with E-state index in [1.54, 1.807) is 7.11 Å². The maximum Gasteiger partial charge on any atom is 0.0580 e. The zero-order valence-electron chi connectivity index (χ0n) is 9.05. The first kappa shape index (κ1) is 11.0. The maximum atomic E-state index is 5.31. The van der Waals surface area contributed by atoms with Crippen LogP contribution in [0.3, 0.4) is 0 Å². The molecule has 1 N–H and O–H groups in total. The van der Waals surface area contributed by atoms with Crippen LogP contribution in [0.1, 0.15) is 13.8 Å². The van der Waals surface area contributed by atoms with Crippen LogP contribution in [0.15, 0.2) is 0 Å². The molecule has 3 nitrogen and oxygen atoms in total. The predicted octanol–water partition coefficient (Wildman–Crippen LogP) is 0.563. The van der Waals surface area contributed by atoms with Gasteiger partial charge in [-0.3, -0.25) is 0 Å². The fourth-order valence-electron chi connectivity index (χ4n) is 1.68. The standard InChI is InChI=1S/C10H22N2O/c1-9(10(2)13-3)8-12-6-4-11-5-7-12/h9-11H,4-8H2,1-3H3. The van der Waals surface area contributed by atoms with Crippen LogP contribution in [0, 0.1) is 5.92 Å². The highest BCUT2D eigenvalue weighted by atomic mass is 16.5. The zero-order valence-corrected chi connectivity index (χ0v) is 9.05. The molecule has 0 radical (unpaired) electrons. The Kier molecular flexibility index (Phi) is 4.70. The second-order valence-corrected chi connectivity index (χ2v) is 3.97. The lowest BCUT2D eigenvalue weighted by molar-refractivity contribution is 0.0534. The molecule has 0 bridgehead atoms. The summed E-state index contributed by atoms with van der Waals surface area (Å²) in [5.41, 5.74) is 0. The fraction of sp³-hybridized carbons (Fsp3) is 1.00. The third-order valence-electron chi connectivity index (χ3n) is 2.93. The summed E-state index contributed by atoms with van der Waals surface area (Å²) in [5, 5.41) is 3.36. The van der Waals surface area contributed by atoms with E-state index >= 15 is 0 Å². The Hall–Kier alpha value is -0.120. The molecule has 0 spiro atoms. The Labute approximate surface area is 81.4 Å². The minimum Gasteiger partial charge on any atom is -0.381 e. The molecule has 1 aliphatic heterocycles. The van der Waals surface area contributed by atoms with Crippen molar-refractivity contribution in [3.8, 4) is 0 Å².